The number of nitrogens with zero attached hydrogens (tertiary/aromatic N) is 4. The molecule has 0 aromatic heterocycles. The summed E-state index contributed by atoms with van der Waals surface area (Å²) in [6.45, 7) is 11.2. The standard InChI is InChI=1S/C28H36N4O6.2C4HF9O.2Co/c1-27(2,3)21-13-19(31(35)36)11-17(25(21)33)15-29-23-9-7-8-10-24(23)30-16-18-12-20(32(37)38)14-22(26(18)34)28(4,5)6;2*5-2(6,7)1(14,3(8,9)10)4(11,12)13;;/h11-16,23-24,33-34H,7-10H2,1-6H3;2*14H;;/q;;;2*+3. The van der Waals surface area contributed by atoms with Crippen LogP contribution in [-0.2, 0) is 44.4 Å². The molecule has 0 bridgehead atoms. The number of rotatable bonds is 6. The van der Waals surface area contributed by atoms with Gasteiger partial charge in [-0.2, -0.15) is 79.0 Å². The molecule has 0 saturated heterocycles. The van der Waals surface area contributed by atoms with Crippen molar-refractivity contribution in [3.05, 3.63) is 66.7 Å². The summed E-state index contributed by atoms with van der Waals surface area (Å²) in [5.74, 6) is -0.0853. The molecule has 4 N–H and O–H groups in total. The number of hydrogen-bond acceptors (Lipinski definition) is 10. The van der Waals surface area contributed by atoms with Crippen molar-refractivity contribution in [2.75, 3.05) is 0 Å². The Morgan fingerprint density at radius 1 is 0.500 bits per heavy atom. The van der Waals surface area contributed by atoms with Crippen molar-refractivity contribution >= 4 is 23.8 Å². The molecule has 2 unspecified atom stereocenters. The van der Waals surface area contributed by atoms with Gasteiger partial charge in [0.1, 0.15) is 11.5 Å². The first-order valence-corrected chi connectivity index (χ1v) is 18.0. The van der Waals surface area contributed by atoms with Gasteiger partial charge in [0.15, 0.2) is 0 Å². The smallest absolute Gasteiger partial charge is 0.507 e. The summed E-state index contributed by atoms with van der Waals surface area (Å²) < 4.78 is 205. The average molecular weight is 1110 g/mol. The van der Waals surface area contributed by atoms with Gasteiger partial charge in [-0.1, -0.05) is 54.4 Å². The zero-order valence-electron chi connectivity index (χ0n) is 35.1. The molecule has 0 spiro atoms. The first-order chi connectivity index (χ1) is 29.1. The van der Waals surface area contributed by atoms with Crippen molar-refractivity contribution in [2.24, 2.45) is 9.98 Å². The van der Waals surface area contributed by atoms with E-state index in [2.05, 4.69) is 9.98 Å². The fraction of sp³-hybridized carbons (Fsp3) is 0.611. The molecule has 1 fully saturated rings. The van der Waals surface area contributed by atoms with E-state index in [9.17, 15) is 109 Å². The van der Waals surface area contributed by atoms with Crippen LogP contribution in [0.2, 0.25) is 0 Å². The van der Waals surface area contributed by atoms with Gasteiger partial charge in [-0.25, -0.2) is 0 Å². The van der Waals surface area contributed by atoms with Gasteiger partial charge in [-0.15, -0.1) is 0 Å². The number of phenols is 2. The average Bonchev–Trinajstić information content (AvgIpc) is 3.10. The van der Waals surface area contributed by atoms with Gasteiger partial charge in [0, 0.05) is 58.9 Å². The summed E-state index contributed by atoms with van der Waals surface area (Å²) >= 11 is 0. The number of nitro benzene ring substituents is 2. The maximum Gasteiger partial charge on any atom is 3.00 e. The van der Waals surface area contributed by atoms with Crippen molar-refractivity contribution in [1.29, 1.82) is 0 Å². The molecule has 0 amide bonds. The molecule has 1 saturated carbocycles. The summed E-state index contributed by atoms with van der Waals surface area (Å²) in [7, 11) is 0. The fourth-order valence-corrected chi connectivity index (χ4v) is 5.59. The van der Waals surface area contributed by atoms with E-state index in [4.69, 9.17) is 10.2 Å². The number of aliphatic imine (C=N–C) groups is 2. The molecule has 388 valence electrons. The molecule has 0 heterocycles. The second-order valence-electron chi connectivity index (χ2n) is 16.3. The summed E-state index contributed by atoms with van der Waals surface area (Å²) in [5, 5.41) is 60.0. The van der Waals surface area contributed by atoms with Gasteiger partial charge >= 0.3 is 81.8 Å². The zero-order chi connectivity index (χ0) is 52.4. The van der Waals surface area contributed by atoms with E-state index < -0.39 is 68.9 Å². The molecule has 2 aromatic carbocycles. The topological polar surface area (TPSA) is 192 Å². The number of aliphatic hydroxyl groups is 2. The first-order valence-electron chi connectivity index (χ1n) is 18.0. The van der Waals surface area contributed by atoms with Crippen molar-refractivity contribution in [3.63, 3.8) is 0 Å². The van der Waals surface area contributed by atoms with Crippen LogP contribution in [0.5, 0.6) is 11.5 Å². The van der Waals surface area contributed by atoms with Crippen molar-refractivity contribution < 1.29 is 143 Å². The normalized spacial score (nSPS) is 17.0. The molecule has 3 rings (SSSR count). The predicted octanol–water partition coefficient (Wildman–Crippen LogP) is 11.2. The fourth-order valence-electron chi connectivity index (χ4n) is 5.59. The quantitative estimate of drug-likeness (QED) is 0.0950. The monoisotopic (exact) mass is 1110 g/mol. The summed E-state index contributed by atoms with van der Waals surface area (Å²) in [4.78, 5) is 31.3. The molecule has 12 nitrogen and oxygen atoms in total. The Morgan fingerprint density at radius 2 is 0.721 bits per heavy atom. The van der Waals surface area contributed by atoms with Gasteiger partial charge in [0.05, 0.1) is 21.9 Å². The van der Waals surface area contributed by atoms with Crippen LogP contribution in [0.25, 0.3) is 0 Å². The minimum Gasteiger partial charge on any atom is -0.507 e. The largest absolute Gasteiger partial charge is 3.00 e. The van der Waals surface area contributed by atoms with Crippen LogP contribution in [0.4, 0.5) is 90.4 Å². The van der Waals surface area contributed by atoms with Crippen molar-refractivity contribution in [2.45, 2.75) is 138 Å². The summed E-state index contributed by atoms with van der Waals surface area (Å²) in [6, 6.07) is 4.89. The van der Waals surface area contributed by atoms with Crippen LogP contribution in [0, 0.1) is 20.2 Å². The maximum absolute atomic E-state index is 11.5. The summed E-state index contributed by atoms with van der Waals surface area (Å²) in [6.07, 6.45) is -35.0. The van der Waals surface area contributed by atoms with Gasteiger partial charge < -0.3 is 20.4 Å². The van der Waals surface area contributed by atoms with Gasteiger partial charge in [0.25, 0.3) is 11.4 Å². The maximum atomic E-state index is 11.5. The minimum atomic E-state index is -6.87. The predicted molar refractivity (Wildman–Crippen MR) is 194 cm³/mol. The molecule has 0 radical (unpaired) electrons. The molecule has 2 aromatic rings. The van der Waals surface area contributed by atoms with E-state index >= 15 is 0 Å². The van der Waals surface area contributed by atoms with Crippen LogP contribution in [0.15, 0.2) is 34.3 Å². The molecule has 1 aliphatic carbocycles. The SMILES string of the molecule is CC(C)(C)c1cc([N+](=O)[O-])cc(C=NC2CCCCC2N=Cc2cc([N+](=O)[O-])cc(C(C)(C)C)c2O)c1O.OC(C(F)(F)F)(C(F)(F)F)C(F)(F)F.OC(C(F)(F)F)(C(F)(F)F)C(F)(F)F.[Co+3].[Co+3]. The van der Waals surface area contributed by atoms with Crippen molar-refractivity contribution in [3.8, 4) is 11.5 Å². The number of nitro groups is 2. The number of hydrogen-bond donors (Lipinski definition) is 4. The molecular formula is C36H38Co2F18N4O8+6. The van der Waals surface area contributed by atoms with Crippen LogP contribution in [-0.4, -0.2) is 103 Å². The van der Waals surface area contributed by atoms with Crippen LogP contribution in [0.3, 0.4) is 0 Å². The molecule has 1 aliphatic rings. The molecule has 0 aliphatic heterocycles. The Labute approximate surface area is 392 Å². The van der Waals surface area contributed by atoms with Gasteiger partial charge in [-0.3, -0.25) is 30.2 Å². The number of phenolic OH excluding ortho intramolecular Hbond substituents is 2. The third-order valence-electron chi connectivity index (χ3n) is 9.25. The Bertz CT molecular complexity index is 1890. The van der Waals surface area contributed by atoms with Crippen LogP contribution >= 0.6 is 0 Å². The van der Waals surface area contributed by atoms with E-state index in [1.54, 1.807) is 0 Å². The Hall–Kier alpha value is -4.15. The van der Waals surface area contributed by atoms with E-state index in [0.717, 1.165) is 25.7 Å². The second kappa shape index (κ2) is 22.3. The van der Waals surface area contributed by atoms with E-state index in [1.165, 1.54) is 36.7 Å². The number of benzene rings is 2. The van der Waals surface area contributed by atoms with Gasteiger partial charge in [0.2, 0.25) is 0 Å². The summed E-state index contributed by atoms with van der Waals surface area (Å²) in [5.41, 5.74) is -13.2. The molecular weight excluding hydrogens is 1080 g/mol. The number of aromatic hydroxyl groups is 2. The molecule has 2 atom stereocenters. The second-order valence-corrected chi connectivity index (χ2v) is 16.3. The third-order valence-corrected chi connectivity index (χ3v) is 9.25. The molecule has 68 heavy (non-hydrogen) atoms. The van der Waals surface area contributed by atoms with E-state index in [0.29, 0.717) is 11.1 Å². The number of alkyl halides is 18. The van der Waals surface area contributed by atoms with Crippen LogP contribution in [0.1, 0.15) is 89.5 Å². The minimum absolute atomic E-state index is 0. The number of halogens is 18. The first kappa shape index (κ1) is 65.9. The Balaban J connectivity index is 0. The van der Waals surface area contributed by atoms with E-state index in [1.807, 2.05) is 41.5 Å². The molecule has 32 heteroatoms. The Kier molecular flexibility index (Phi) is 21.6. The number of non-ortho nitro benzene ring substituents is 2. The van der Waals surface area contributed by atoms with E-state index in [-0.39, 0.29) is 79.6 Å². The van der Waals surface area contributed by atoms with Crippen molar-refractivity contribution in [1.82, 2.24) is 0 Å². The zero-order valence-corrected chi connectivity index (χ0v) is 37.2. The van der Waals surface area contributed by atoms with Crippen LogP contribution < -0.4 is 0 Å². The third kappa shape index (κ3) is 15.2. The van der Waals surface area contributed by atoms with Gasteiger partial charge in [-0.05, 0) is 23.7 Å². The Morgan fingerprint density at radius 3 is 0.882 bits per heavy atom.